The van der Waals surface area contributed by atoms with Gasteiger partial charge in [0.05, 0.1) is 19.8 Å². The summed E-state index contributed by atoms with van der Waals surface area (Å²) in [6.07, 6.45) is 0.202. The van der Waals surface area contributed by atoms with Gasteiger partial charge in [0.2, 0.25) is 0 Å². The third-order valence-corrected chi connectivity index (χ3v) is 8.70. The highest BCUT2D eigenvalue weighted by Crippen LogP contribution is 2.20. The Morgan fingerprint density at radius 1 is 0.481 bits per heavy atom. The van der Waals surface area contributed by atoms with Crippen LogP contribution in [0, 0.1) is 0 Å². The van der Waals surface area contributed by atoms with Crippen molar-refractivity contribution in [3.05, 3.63) is 89.5 Å². The number of hydrogen-bond donors (Lipinski definition) is 0. The third-order valence-electron chi connectivity index (χ3n) is 6.75. The maximum atomic E-state index is 11.6. The summed E-state index contributed by atoms with van der Waals surface area (Å²) in [5.41, 5.74) is 3.34. The van der Waals surface area contributed by atoms with Crippen LogP contribution in [0.25, 0.3) is 0 Å². The Bertz CT molecular complexity index is 1270. The molecule has 3 atom stereocenters. The van der Waals surface area contributed by atoms with E-state index < -0.39 is 18.3 Å². The van der Waals surface area contributed by atoms with Crippen LogP contribution >= 0.6 is 47.8 Å². The lowest BCUT2D eigenvalue weighted by molar-refractivity contribution is -0.152. The molecule has 0 aliphatic heterocycles. The highest BCUT2D eigenvalue weighted by Gasteiger charge is 2.21. The van der Waals surface area contributed by atoms with Gasteiger partial charge in [-0.15, -0.1) is 0 Å². The van der Waals surface area contributed by atoms with E-state index in [9.17, 15) is 14.4 Å². The van der Waals surface area contributed by atoms with Crippen molar-refractivity contribution < 1.29 is 42.8 Å². The fourth-order valence-electron chi connectivity index (χ4n) is 4.20. The fraction of sp³-hybridized carbons (Fsp3) is 0.475. The molecule has 0 amide bonds. The van der Waals surface area contributed by atoms with Crippen molar-refractivity contribution in [2.45, 2.75) is 103 Å². The smallest absolute Gasteiger partial charge is 0.347 e. The van der Waals surface area contributed by atoms with Crippen LogP contribution in [-0.4, -0.2) is 56.0 Å². The zero-order valence-electron chi connectivity index (χ0n) is 30.3. The molecule has 0 saturated carbocycles. The molecule has 12 heteroatoms. The molecule has 0 saturated heterocycles. The lowest BCUT2D eigenvalue weighted by Gasteiger charge is -2.16. The van der Waals surface area contributed by atoms with E-state index in [1.807, 2.05) is 93.6 Å². The van der Waals surface area contributed by atoms with Gasteiger partial charge in [0.1, 0.15) is 17.2 Å². The number of hydrogen-bond acceptors (Lipinski definition) is 9. The first-order valence-corrected chi connectivity index (χ1v) is 20.4. The van der Waals surface area contributed by atoms with Gasteiger partial charge in [-0.25, -0.2) is 14.4 Å². The molecule has 0 fully saturated rings. The quantitative estimate of drug-likeness (QED) is 0.0700. The van der Waals surface area contributed by atoms with Crippen molar-refractivity contribution in [1.82, 2.24) is 0 Å². The molecule has 3 aromatic rings. The van der Waals surface area contributed by atoms with Gasteiger partial charge in [-0.2, -0.15) is 0 Å². The molecule has 0 heterocycles. The van der Waals surface area contributed by atoms with E-state index in [-0.39, 0.29) is 25.3 Å². The van der Waals surface area contributed by atoms with Crippen molar-refractivity contribution in [2.24, 2.45) is 0 Å². The normalized spacial score (nSPS) is 11.7. The van der Waals surface area contributed by atoms with Gasteiger partial charge in [0.25, 0.3) is 0 Å². The molecule has 290 valence electrons. The molecule has 0 N–H and O–H groups in total. The zero-order valence-corrected chi connectivity index (χ0v) is 35.1. The number of rotatable bonds is 18. The molecule has 1 unspecified atom stereocenters. The van der Waals surface area contributed by atoms with E-state index in [0.717, 1.165) is 32.7 Å². The predicted octanol–water partition coefficient (Wildman–Crippen LogP) is 10.5. The number of carbonyl (C=O) groups is 3. The van der Waals surface area contributed by atoms with E-state index in [4.69, 9.17) is 28.4 Å². The van der Waals surface area contributed by atoms with Gasteiger partial charge >= 0.3 is 17.9 Å². The van der Waals surface area contributed by atoms with E-state index in [2.05, 4.69) is 47.8 Å². The molecule has 0 radical (unpaired) electrons. The molecule has 0 spiro atoms. The van der Waals surface area contributed by atoms with Crippen LogP contribution < -0.4 is 14.2 Å². The highest BCUT2D eigenvalue weighted by molar-refractivity contribution is 9.09. The van der Waals surface area contributed by atoms with E-state index in [1.165, 1.54) is 0 Å². The van der Waals surface area contributed by atoms with Crippen molar-refractivity contribution in [3.63, 3.8) is 0 Å². The van der Waals surface area contributed by atoms with Crippen LogP contribution in [0.5, 0.6) is 17.2 Å². The first-order chi connectivity index (χ1) is 24.6. The number of ether oxygens (including phenoxy) is 6. The number of esters is 3. The fourth-order valence-corrected chi connectivity index (χ4v) is 5.24. The summed E-state index contributed by atoms with van der Waals surface area (Å²) in [4.78, 5) is 34.7. The van der Waals surface area contributed by atoms with Gasteiger partial charge in [-0.1, -0.05) is 112 Å². The summed E-state index contributed by atoms with van der Waals surface area (Å²) < 4.78 is 31.7. The van der Waals surface area contributed by atoms with Crippen molar-refractivity contribution in [2.75, 3.05) is 19.8 Å². The molecule has 0 aromatic heterocycles. The topological polar surface area (TPSA) is 107 Å². The highest BCUT2D eigenvalue weighted by atomic mass is 79.9. The average molecular weight is 920 g/mol. The second kappa shape index (κ2) is 29.4. The maximum Gasteiger partial charge on any atom is 0.347 e. The van der Waals surface area contributed by atoms with Crippen LogP contribution in [0.3, 0.4) is 0 Å². The zero-order chi connectivity index (χ0) is 38.0. The standard InChI is InChI=1S/3C13H17BrO3.CH4/c3*1-3-12(13(15)16-4-2)17-11-7-5-6-10(8-11)9-14;/h3*5-8,12H,3-4,9H2,1-2H3;1H4/t2*12-;;/m10../s1. The molecule has 0 aliphatic rings. The van der Waals surface area contributed by atoms with Gasteiger partial charge in [0.15, 0.2) is 18.3 Å². The van der Waals surface area contributed by atoms with Gasteiger partial charge in [-0.3, -0.25) is 0 Å². The first-order valence-electron chi connectivity index (χ1n) is 17.1. The molecular formula is C40H55Br3O9. The maximum absolute atomic E-state index is 11.6. The second-order valence-corrected chi connectivity index (χ2v) is 12.3. The summed E-state index contributed by atoms with van der Waals surface area (Å²) in [6, 6.07) is 23.0. The van der Waals surface area contributed by atoms with Crippen LogP contribution in [0.4, 0.5) is 0 Å². The number of halogens is 3. The van der Waals surface area contributed by atoms with Gasteiger partial charge in [0, 0.05) is 16.0 Å². The average Bonchev–Trinajstić information content (AvgIpc) is 3.16. The summed E-state index contributed by atoms with van der Waals surface area (Å²) in [5.74, 6) is 1.17. The van der Waals surface area contributed by atoms with Crippen molar-refractivity contribution in [1.29, 1.82) is 0 Å². The lowest BCUT2D eigenvalue weighted by Crippen LogP contribution is -2.28. The van der Waals surface area contributed by atoms with Gasteiger partial charge < -0.3 is 28.4 Å². The van der Waals surface area contributed by atoms with Gasteiger partial charge in [-0.05, 0) is 93.1 Å². The largest absolute Gasteiger partial charge is 0.479 e. The number of alkyl halides is 3. The molecular weight excluding hydrogens is 864 g/mol. The predicted molar refractivity (Wildman–Crippen MR) is 218 cm³/mol. The molecule has 0 bridgehead atoms. The van der Waals surface area contributed by atoms with Crippen molar-refractivity contribution in [3.8, 4) is 17.2 Å². The summed E-state index contributed by atoms with van der Waals surface area (Å²) in [6.45, 7) is 12.2. The number of benzene rings is 3. The molecule has 52 heavy (non-hydrogen) atoms. The molecule has 3 aromatic carbocycles. The van der Waals surface area contributed by atoms with E-state index in [0.29, 0.717) is 56.3 Å². The second-order valence-electron chi connectivity index (χ2n) is 10.6. The Hall–Kier alpha value is -3.09. The van der Waals surface area contributed by atoms with E-state index >= 15 is 0 Å². The van der Waals surface area contributed by atoms with Crippen LogP contribution in [0.15, 0.2) is 72.8 Å². The third kappa shape index (κ3) is 19.1. The van der Waals surface area contributed by atoms with Crippen LogP contribution in [-0.2, 0) is 44.6 Å². The number of carbonyl (C=O) groups excluding carboxylic acids is 3. The summed E-state index contributed by atoms with van der Waals surface area (Å²) in [5, 5.41) is 2.29. The van der Waals surface area contributed by atoms with Crippen molar-refractivity contribution >= 4 is 65.7 Å². The van der Waals surface area contributed by atoms with E-state index in [1.54, 1.807) is 20.8 Å². The lowest BCUT2D eigenvalue weighted by atomic mass is 10.2. The Morgan fingerprint density at radius 2 is 0.731 bits per heavy atom. The molecule has 9 nitrogen and oxygen atoms in total. The monoisotopic (exact) mass is 916 g/mol. The SMILES string of the molecule is C.CCOC(=O)C(CC)Oc1cccc(CBr)c1.CCOC(=O)[C@@H](CC)Oc1cccc(CBr)c1.CCOC(=O)[C@H](CC)Oc1cccc(CBr)c1. The van der Waals surface area contributed by atoms with Crippen LogP contribution in [0.2, 0.25) is 0 Å². The Labute approximate surface area is 335 Å². The minimum Gasteiger partial charge on any atom is -0.479 e. The summed E-state index contributed by atoms with van der Waals surface area (Å²) >= 11 is 10.1. The minimum atomic E-state index is -0.527. The Kier molecular flexibility index (Phi) is 27.6. The Balaban J connectivity index is 0.000000743. The summed E-state index contributed by atoms with van der Waals surface area (Å²) in [7, 11) is 0. The Morgan fingerprint density at radius 3 is 0.923 bits per heavy atom. The van der Waals surface area contributed by atoms with Crippen LogP contribution in [0.1, 0.15) is 84.9 Å². The first kappa shape index (κ1) is 48.9. The molecule has 0 aliphatic carbocycles. The molecule has 3 rings (SSSR count). The minimum absolute atomic E-state index is 0.